The molecule has 0 aliphatic heterocycles. The van der Waals surface area contributed by atoms with Crippen molar-refractivity contribution in [1.82, 2.24) is 9.97 Å². The molecular formula is C32H26IrN2O-2. The number of pyridine rings is 2. The van der Waals surface area contributed by atoms with Crippen LogP contribution in [0.3, 0.4) is 0 Å². The summed E-state index contributed by atoms with van der Waals surface area (Å²) in [5.74, 6) is 0.398. The summed E-state index contributed by atoms with van der Waals surface area (Å²) in [6, 6.07) is 36.7. The standard InChI is InChI=1S/C20H16NO.C12H10N.Ir/c1-13(2)17-10-6-11-18(21-17)16-9-5-8-15-14-7-3-4-12-19(14)22-20(15)16;1-10-5-7-11(8-6-10)12-4-2-3-9-13-12;/h3-8,10-13H,1-2H3;2-7,9H,1H3;/q2*-1;. The average molecular weight is 647 g/mol. The van der Waals surface area contributed by atoms with Crippen molar-refractivity contribution in [2.75, 3.05) is 0 Å². The molecule has 1 radical (unpaired) electrons. The minimum Gasteiger partial charge on any atom is -0.501 e. The van der Waals surface area contributed by atoms with Crippen LogP contribution in [-0.2, 0) is 20.1 Å². The number of fused-ring (bicyclic) bond motifs is 3. The molecule has 0 saturated heterocycles. The number of benzene rings is 3. The Bertz CT molecular complexity index is 1570. The number of aryl methyl sites for hydroxylation is 1. The Hall–Kier alpha value is -3.59. The zero-order valence-electron chi connectivity index (χ0n) is 20.5. The Kier molecular flexibility index (Phi) is 8.10. The third-order valence-electron chi connectivity index (χ3n) is 5.87. The Morgan fingerprint density at radius 3 is 2.33 bits per heavy atom. The zero-order chi connectivity index (χ0) is 24.2. The van der Waals surface area contributed by atoms with Crippen LogP contribution in [0, 0.1) is 19.1 Å². The summed E-state index contributed by atoms with van der Waals surface area (Å²) in [5, 5.41) is 2.24. The van der Waals surface area contributed by atoms with E-state index >= 15 is 0 Å². The molecule has 3 heterocycles. The van der Waals surface area contributed by atoms with Crippen molar-refractivity contribution in [3.63, 3.8) is 0 Å². The first-order valence-corrected chi connectivity index (χ1v) is 11.8. The van der Waals surface area contributed by atoms with Crippen LogP contribution in [0.25, 0.3) is 44.5 Å². The fourth-order valence-electron chi connectivity index (χ4n) is 3.98. The van der Waals surface area contributed by atoms with E-state index in [2.05, 4.69) is 62.2 Å². The summed E-state index contributed by atoms with van der Waals surface area (Å²) >= 11 is 0. The first-order valence-electron chi connectivity index (χ1n) is 11.8. The van der Waals surface area contributed by atoms with E-state index in [0.29, 0.717) is 5.92 Å². The maximum Gasteiger partial charge on any atom is 0.120 e. The van der Waals surface area contributed by atoms with E-state index in [1.807, 2.05) is 66.7 Å². The van der Waals surface area contributed by atoms with Crippen molar-refractivity contribution in [2.24, 2.45) is 0 Å². The molecule has 3 aromatic carbocycles. The topological polar surface area (TPSA) is 38.9 Å². The second-order valence-corrected chi connectivity index (χ2v) is 8.79. The van der Waals surface area contributed by atoms with Crippen LogP contribution in [0.4, 0.5) is 0 Å². The van der Waals surface area contributed by atoms with Crippen LogP contribution in [0.15, 0.2) is 102 Å². The molecule has 3 nitrogen and oxygen atoms in total. The van der Waals surface area contributed by atoms with E-state index in [0.717, 1.165) is 50.1 Å². The quantitative estimate of drug-likeness (QED) is 0.181. The number of para-hydroxylation sites is 1. The Morgan fingerprint density at radius 2 is 1.58 bits per heavy atom. The summed E-state index contributed by atoms with van der Waals surface area (Å²) in [6.07, 6.45) is 1.79. The van der Waals surface area contributed by atoms with Gasteiger partial charge in [0.05, 0.1) is 5.58 Å². The van der Waals surface area contributed by atoms with Gasteiger partial charge >= 0.3 is 0 Å². The molecule has 0 N–H and O–H groups in total. The number of aromatic nitrogens is 2. The van der Waals surface area contributed by atoms with Crippen LogP contribution >= 0.6 is 0 Å². The number of hydrogen-bond acceptors (Lipinski definition) is 3. The maximum absolute atomic E-state index is 6.07. The third-order valence-corrected chi connectivity index (χ3v) is 5.87. The second-order valence-electron chi connectivity index (χ2n) is 8.79. The summed E-state index contributed by atoms with van der Waals surface area (Å²) < 4.78 is 6.07. The SMILES string of the molecule is CC(C)c1cccc(-c2[c-]ccc3c2oc2ccccc23)n1.Cc1c[c-]c(-c2ccccn2)cc1.[Ir]. The van der Waals surface area contributed by atoms with E-state index in [1.54, 1.807) is 6.20 Å². The monoisotopic (exact) mass is 647 g/mol. The summed E-state index contributed by atoms with van der Waals surface area (Å²) in [5.41, 5.74) is 7.93. The Balaban J connectivity index is 0.000000187. The molecule has 0 fully saturated rings. The van der Waals surface area contributed by atoms with Gasteiger partial charge in [0, 0.05) is 37.4 Å². The molecule has 0 amide bonds. The second kappa shape index (κ2) is 11.4. The normalized spacial score (nSPS) is 10.7. The molecule has 0 bridgehead atoms. The van der Waals surface area contributed by atoms with Gasteiger partial charge in [0.15, 0.2) is 0 Å². The fraction of sp³-hybridized carbons (Fsp3) is 0.125. The van der Waals surface area contributed by atoms with Gasteiger partial charge in [-0.3, -0.25) is 0 Å². The van der Waals surface area contributed by atoms with Crippen molar-refractivity contribution in [3.05, 3.63) is 121 Å². The zero-order valence-corrected chi connectivity index (χ0v) is 22.8. The van der Waals surface area contributed by atoms with E-state index in [-0.39, 0.29) is 20.1 Å². The fourth-order valence-corrected chi connectivity index (χ4v) is 3.98. The Morgan fingerprint density at radius 1 is 0.778 bits per heavy atom. The molecular weight excluding hydrogens is 621 g/mol. The van der Waals surface area contributed by atoms with Gasteiger partial charge in [0.2, 0.25) is 0 Å². The molecule has 0 aliphatic rings. The summed E-state index contributed by atoms with van der Waals surface area (Å²) in [6.45, 7) is 6.36. The van der Waals surface area contributed by atoms with Gasteiger partial charge in [-0.2, -0.15) is 0 Å². The molecule has 0 unspecified atom stereocenters. The van der Waals surface area contributed by atoms with Crippen molar-refractivity contribution >= 4 is 21.9 Å². The van der Waals surface area contributed by atoms with E-state index in [9.17, 15) is 0 Å². The number of furan rings is 1. The minimum atomic E-state index is 0. The Labute approximate surface area is 225 Å². The minimum absolute atomic E-state index is 0. The smallest absolute Gasteiger partial charge is 0.120 e. The van der Waals surface area contributed by atoms with Crippen molar-refractivity contribution in [3.8, 4) is 22.5 Å². The predicted octanol–water partition coefficient (Wildman–Crippen LogP) is 8.43. The van der Waals surface area contributed by atoms with Crippen molar-refractivity contribution in [1.29, 1.82) is 0 Å². The van der Waals surface area contributed by atoms with Crippen molar-refractivity contribution < 1.29 is 24.5 Å². The van der Waals surface area contributed by atoms with Gasteiger partial charge in [0.25, 0.3) is 0 Å². The van der Waals surface area contributed by atoms with E-state index < -0.39 is 0 Å². The molecule has 3 aromatic heterocycles. The van der Waals surface area contributed by atoms with Gasteiger partial charge in [-0.05, 0) is 35.5 Å². The molecule has 4 heteroatoms. The van der Waals surface area contributed by atoms with Crippen LogP contribution < -0.4 is 0 Å². The van der Waals surface area contributed by atoms with Gasteiger partial charge in [-0.15, -0.1) is 53.6 Å². The molecule has 6 rings (SSSR count). The van der Waals surface area contributed by atoms with Crippen LogP contribution in [0.5, 0.6) is 0 Å². The maximum atomic E-state index is 6.07. The van der Waals surface area contributed by atoms with Crippen LogP contribution in [-0.4, -0.2) is 9.97 Å². The molecule has 0 aliphatic carbocycles. The molecule has 36 heavy (non-hydrogen) atoms. The summed E-state index contributed by atoms with van der Waals surface area (Å²) in [4.78, 5) is 9.02. The summed E-state index contributed by atoms with van der Waals surface area (Å²) in [7, 11) is 0. The van der Waals surface area contributed by atoms with Gasteiger partial charge in [-0.1, -0.05) is 74.2 Å². The molecule has 0 spiro atoms. The molecule has 0 saturated carbocycles. The molecule has 6 aromatic rings. The first kappa shape index (κ1) is 25.5. The largest absolute Gasteiger partial charge is 0.501 e. The van der Waals surface area contributed by atoms with Crippen molar-refractivity contribution in [2.45, 2.75) is 26.7 Å². The average Bonchev–Trinajstić information content (AvgIpc) is 3.29. The van der Waals surface area contributed by atoms with Gasteiger partial charge < -0.3 is 14.4 Å². The number of nitrogens with zero attached hydrogens (tertiary/aromatic N) is 2. The predicted molar refractivity (Wildman–Crippen MR) is 143 cm³/mol. The third kappa shape index (κ3) is 5.46. The first-order chi connectivity index (χ1) is 17.1. The van der Waals surface area contributed by atoms with E-state index in [1.165, 1.54) is 5.56 Å². The van der Waals surface area contributed by atoms with Gasteiger partial charge in [-0.25, -0.2) is 0 Å². The van der Waals surface area contributed by atoms with E-state index in [4.69, 9.17) is 9.40 Å². The van der Waals surface area contributed by atoms with Gasteiger partial charge in [0.1, 0.15) is 5.58 Å². The van der Waals surface area contributed by atoms with Crippen LogP contribution in [0.2, 0.25) is 0 Å². The number of hydrogen-bond donors (Lipinski definition) is 0. The number of rotatable bonds is 3. The van der Waals surface area contributed by atoms with Crippen LogP contribution in [0.1, 0.15) is 31.0 Å². The molecule has 0 atom stereocenters. The molecule has 181 valence electrons.